The van der Waals surface area contributed by atoms with Crippen molar-refractivity contribution < 1.29 is 23.5 Å². The second kappa shape index (κ2) is 10.4. The summed E-state index contributed by atoms with van der Waals surface area (Å²) in [5, 5.41) is 7.44. The third-order valence-electron chi connectivity index (χ3n) is 7.04. The highest BCUT2D eigenvalue weighted by molar-refractivity contribution is 5.79. The van der Waals surface area contributed by atoms with Crippen molar-refractivity contribution in [1.82, 2.24) is 20.4 Å². The minimum Gasteiger partial charge on any atom is -0.497 e. The molecule has 9 nitrogen and oxygen atoms in total. The van der Waals surface area contributed by atoms with Crippen LogP contribution in [0.2, 0.25) is 0 Å². The molecule has 3 aromatic rings. The smallest absolute Gasteiger partial charge is 0.241 e. The van der Waals surface area contributed by atoms with E-state index in [2.05, 4.69) is 20.4 Å². The van der Waals surface area contributed by atoms with Crippen molar-refractivity contribution >= 4 is 5.91 Å². The lowest BCUT2D eigenvalue weighted by Gasteiger charge is -2.39. The SMILES string of the molecule is COc1ccc(-c2noc(CN3CCCC(C(=O)NC4CC(C)(C)Oc5ccc(OC)cc54)C3)n2)cc1. The van der Waals surface area contributed by atoms with Crippen LogP contribution in [0.3, 0.4) is 0 Å². The van der Waals surface area contributed by atoms with Crippen LogP contribution in [0.25, 0.3) is 11.4 Å². The zero-order valence-electron chi connectivity index (χ0n) is 21.8. The van der Waals surface area contributed by atoms with Gasteiger partial charge < -0.3 is 24.1 Å². The van der Waals surface area contributed by atoms with Crippen LogP contribution in [0.4, 0.5) is 0 Å². The Morgan fingerprint density at radius 2 is 1.89 bits per heavy atom. The van der Waals surface area contributed by atoms with E-state index >= 15 is 0 Å². The molecule has 0 radical (unpaired) electrons. The van der Waals surface area contributed by atoms with Gasteiger partial charge in [-0.2, -0.15) is 4.98 Å². The first-order chi connectivity index (χ1) is 17.8. The molecule has 0 spiro atoms. The topological polar surface area (TPSA) is 99.0 Å². The van der Waals surface area contributed by atoms with Crippen molar-refractivity contribution in [3.63, 3.8) is 0 Å². The van der Waals surface area contributed by atoms with Crippen molar-refractivity contribution in [3.05, 3.63) is 53.9 Å². The van der Waals surface area contributed by atoms with E-state index in [-0.39, 0.29) is 23.5 Å². The summed E-state index contributed by atoms with van der Waals surface area (Å²) in [5.41, 5.74) is 1.44. The Bertz CT molecular complexity index is 1240. The summed E-state index contributed by atoms with van der Waals surface area (Å²) in [7, 11) is 3.27. The van der Waals surface area contributed by atoms with Crippen molar-refractivity contribution in [2.24, 2.45) is 5.92 Å². The van der Waals surface area contributed by atoms with Crippen molar-refractivity contribution in [2.75, 3.05) is 27.3 Å². The van der Waals surface area contributed by atoms with E-state index in [1.807, 2.05) is 56.3 Å². The fourth-order valence-corrected chi connectivity index (χ4v) is 5.16. The summed E-state index contributed by atoms with van der Waals surface area (Å²) < 4.78 is 22.3. The lowest BCUT2D eigenvalue weighted by atomic mass is 9.88. The minimum atomic E-state index is -0.377. The van der Waals surface area contributed by atoms with Gasteiger partial charge in [-0.3, -0.25) is 9.69 Å². The average Bonchev–Trinajstić information content (AvgIpc) is 3.36. The molecule has 0 bridgehead atoms. The van der Waals surface area contributed by atoms with E-state index in [1.54, 1.807) is 14.2 Å². The normalized spacial score (nSPS) is 21.0. The number of nitrogens with zero attached hydrogens (tertiary/aromatic N) is 3. The van der Waals surface area contributed by atoms with E-state index in [0.29, 0.717) is 31.2 Å². The Labute approximate surface area is 217 Å². The summed E-state index contributed by atoms with van der Waals surface area (Å²) in [6, 6.07) is 13.2. The standard InChI is InChI=1S/C28H34N4O5/c1-28(2)15-23(22-14-21(35-4)11-12-24(22)36-28)29-27(33)19-6-5-13-32(16-19)17-25-30-26(31-37-25)18-7-9-20(34-3)10-8-18/h7-12,14,19,23H,5-6,13,15-17H2,1-4H3,(H,29,33). The summed E-state index contributed by atoms with van der Waals surface area (Å²) in [5.74, 6) is 3.34. The number of hydrogen-bond acceptors (Lipinski definition) is 8. The fraction of sp³-hybridized carbons (Fsp3) is 0.464. The minimum absolute atomic E-state index is 0.0608. The number of aromatic nitrogens is 2. The van der Waals surface area contributed by atoms with Crippen LogP contribution in [-0.2, 0) is 11.3 Å². The van der Waals surface area contributed by atoms with Gasteiger partial charge in [0.1, 0.15) is 22.8 Å². The number of amides is 1. The number of carbonyl (C=O) groups is 1. The molecule has 2 atom stereocenters. The van der Waals surface area contributed by atoms with Crippen LogP contribution >= 0.6 is 0 Å². The van der Waals surface area contributed by atoms with E-state index in [0.717, 1.165) is 47.8 Å². The van der Waals surface area contributed by atoms with Gasteiger partial charge in [0.2, 0.25) is 17.6 Å². The highest BCUT2D eigenvalue weighted by Gasteiger charge is 2.36. The fourth-order valence-electron chi connectivity index (χ4n) is 5.16. The molecular weight excluding hydrogens is 472 g/mol. The average molecular weight is 507 g/mol. The Hall–Kier alpha value is -3.59. The van der Waals surface area contributed by atoms with Gasteiger partial charge in [-0.1, -0.05) is 5.16 Å². The number of rotatable bonds is 7. The van der Waals surface area contributed by atoms with Crippen LogP contribution < -0.4 is 19.5 Å². The van der Waals surface area contributed by atoms with Crippen LogP contribution in [-0.4, -0.2) is 53.9 Å². The van der Waals surface area contributed by atoms with Crippen LogP contribution in [0.15, 0.2) is 47.0 Å². The molecule has 0 aliphatic carbocycles. The second-order valence-electron chi connectivity index (χ2n) is 10.3. The Balaban J connectivity index is 1.23. The van der Waals surface area contributed by atoms with Gasteiger partial charge in [0.25, 0.3) is 0 Å². The van der Waals surface area contributed by atoms with E-state index in [1.165, 1.54) is 0 Å². The number of likely N-dealkylation sites (tertiary alicyclic amines) is 1. The van der Waals surface area contributed by atoms with Crippen molar-refractivity contribution in [3.8, 4) is 28.6 Å². The summed E-state index contributed by atoms with van der Waals surface area (Å²) in [6.45, 7) is 6.13. The number of fused-ring (bicyclic) bond motifs is 1. The van der Waals surface area contributed by atoms with E-state index in [4.69, 9.17) is 18.7 Å². The quantitative estimate of drug-likeness (QED) is 0.504. The van der Waals surface area contributed by atoms with Crippen molar-refractivity contribution in [1.29, 1.82) is 0 Å². The van der Waals surface area contributed by atoms with E-state index in [9.17, 15) is 4.79 Å². The van der Waals surface area contributed by atoms with Gasteiger partial charge in [-0.25, -0.2) is 0 Å². The largest absolute Gasteiger partial charge is 0.497 e. The number of methoxy groups -OCH3 is 2. The number of piperidine rings is 1. The Kier molecular flexibility index (Phi) is 7.06. The monoisotopic (exact) mass is 506 g/mol. The number of nitrogens with one attached hydrogen (secondary N) is 1. The molecule has 37 heavy (non-hydrogen) atoms. The van der Waals surface area contributed by atoms with Gasteiger partial charge >= 0.3 is 0 Å². The van der Waals surface area contributed by atoms with Gasteiger partial charge in [0.15, 0.2) is 0 Å². The molecule has 1 saturated heterocycles. The number of carbonyl (C=O) groups excluding carboxylic acids is 1. The first kappa shape index (κ1) is 25.1. The third-order valence-corrected chi connectivity index (χ3v) is 7.04. The predicted molar refractivity (Wildman–Crippen MR) is 137 cm³/mol. The molecule has 1 fully saturated rings. The molecule has 9 heteroatoms. The molecule has 1 aromatic heterocycles. The zero-order valence-corrected chi connectivity index (χ0v) is 21.8. The second-order valence-corrected chi connectivity index (χ2v) is 10.3. The first-order valence-electron chi connectivity index (χ1n) is 12.7. The highest BCUT2D eigenvalue weighted by Crippen LogP contribution is 2.41. The zero-order chi connectivity index (χ0) is 26.0. The Morgan fingerprint density at radius 3 is 2.65 bits per heavy atom. The van der Waals surface area contributed by atoms with Gasteiger partial charge in [-0.15, -0.1) is 0 Å². The molecule has 1 N–H and O–H groups in total. The molecule has 2 aliphatic heterocycles. The maximum Gasteiger partial charge on any atom is 0.241 e. The van der Waals surface area contributed by atoms with Gasteiger partial charge in [0.05, 0.1) is 32.7 Å². The molecule has 0 saturated carbocycles. The number of benzene rings is 2. The molecule has 2 unspecified atom stereocenters. The molecule has 2 aromatic carbocycles. The summed E-state index contributed by atoms with van der Waals surface area (Å²) in [4.78, 5) is 20.2. The maximum atomic E-state index is 13.4. The number of hydrogen-bond donors (Lipinski definition) is 1. The first-order valence-corrected chi connectivity index (χ1v) is 12.7. The van der Waals surface area contributed by atoms with Crippen molar-refractivity contribution in [2.45, 2.75) is 51.3 Å². The molecule has 2 aliphatic rings. The molecular formula is C28H34N4O5. The number of ether oxygens (including phenoxy) is 3. The molecule has 1 amide bonds. The summed E-state index contributed by atoms with van der Waals surface area (Å²) >= 11 is 0. The summed E-state index contributed by atoms with van der Waals surface area (Å²) in [6.07, 6.45) is 2.47. The van der Waals surface area contributed by atoms with Gasteiger partial charge in [0, 0.05) is 24.1 Å². The van der Waals surface area contributed by atoms with Crippen LogP contribution in [0.1, 0.15) is 50.6 Å². The Morgan fingerprint density at radius 1 is 1.14 bits per heavy atom. The molecule has 3 heterocycles. The predicted octanol–water partition coefficient (Wildman–Crippen LogP) is 4.38. The van der Waals surface area contributed by atoms with E-state index < -0.39 is 0 Å². The molecule has 196 valence electrons. The van der Waals surface area contributed by atoms with Crippen LogP contribution in [0.5, 0.6) is 17.2 Å². The highest BCUT2D eigenvalue weighted by atomic mass is 16.5. The lowest BCUT2D eigenvalue weighted by molar-refractivity contribution is -0.128. The molecule has 5 rings (SSSR count). The maximum absolute atomic E-state index is 13.4. The third kappa shape index (κ3) is 5.72. The van der Waals surface area contributed by atoms with Crippen LogP contribution in [0, 0.1) is 5.92 Å². The van der Waals surface area contributed by atoms with Gasteiger partial charge in [-0.05, 0) is 75.7 Å². The lowest BCUT2D eigenvalue weighted by Crippen LogP contribution is -2.46.